The highest BCUT2D eigenvalue weighted by molar-refractivity contribution is 9.10. The maximum Gasteiger partial charge on any atom is 0.417 e. The maximum atomic E-state index is 12.8. The number of hydrogen-bond acceptors (Lipinski definition) is 1. The number of benzene rings is 1. The van der Waals surface area contributed by atoms with Gasteiger partial charge in [0.05, 0.1) is 5.56 Å². The molecule has 0 aliphatic heterocycles. The molecule has 1 fully saturated rings. The normalized spacial score (nSPS) is 17.5. The zero-order valence-electron chi connectivity index (χ0n) is 10.6. The summed E-state index contributed by atoms with van der Waals surface area (Å²) in [5, 5.41) is 3.13. The van der Waals surface area contributed by atoms with E-state index >= 15 is 0 Å². The summed E-state index contributed by atoms with van der Waals surface area (Å²) in [4.78, 5) is 0. The van der Waals surface area contributed by atoms with Crippen molar-refractivity contribution in [2.24, 2.45) is 5.92 Å². The molecule has 0 spiro atoms. The Morgan fingerprint density at radius 1 is 1.16 bits per heavy atom. The van der Waals surface area contributed by atoms with E-state index in [0.717, 1.165) is 6.54 Å². The minimum absolute atomic E-state index is 0.0863. The first-order valence-electron chi connectivity index (χ1n) is 6.57. The molecule has 0 aromatic heterocycles. The van der Waals surface area contributed by atoms with E-state index in [0.29, 0.717) is 11.6 Å². The summed E-state index contributed by atoms with van der Waals surface area (Å²) >= 11 is 2.95. The Bertz CT molecular complexity index is 425. The summed E-state index contributed by atoms with van der Waals surface area (Å²) in [5.41, 5.74) is -0.0813. The van der Waals surface area contributed by atoms with Crippen LogP contribution in [0, 0.1) is 5.92 Å². The molecule has 2 rings (SSSR count). The van der Waals surface area contributed by atoms with E-state index < -0.39 is 11.7 Å². The van der Waals surface area contributed by atoms with E-state index in [9.17, 15) is 13.2 Å². The van der Waals surface area contributed by atoms with Crippen LogP contribution in [0.4, 0.5) is 18.9 Å². The fourth-order valence-electron chi connectivity index (χ4n) is 2.51. The molecule has 0 atom stereocenters. The highest BCUT2D eigenvalue weighted by atomic mass is 79.9. The van der Waals surface area contributed by atoms with E-state index in [1.807, 2.05) is 0 Å². The van der Waals surface area contributed by atoms with Gasteiger partial charge in [-0.25, -0.2) is 0 Å². The molecule has 0 saturated heterocycles. The fourth-order valence-corrected chi connectivity index (χ4v) is 2.98. The lowest BCUT2D eigenvalue weighted by Gasteiger charge is -2.22. The van der Waals surface area contributed by atoms with Gasteiger partial charge in [0.2, 0.25) is 0 Å². The first kappa shape index (κ1) is 14.7. The molecule has 1 aromatic rings. The molecule has 0 heterocycles. The molecule has 0 unspecified atom stereocenters. The van der Waals surface area contributed by atoms with Gasteiger partial charge in [0.15, 0.2) is 0 Å². The Kier molecular flexibility index (Phi) is 4.76. The highest BCUT2D eigenvalue weighted by Gasteiger charge is 2.33. The van der Waals surface area contributed by atoms with Crippen LogP contribution in [-0.2, 0) is 6.18 Å². The highest BCUT2D eigenvalue weighted by Crippen LogP contribution is 2.36. The number of alkyl halides is 3. The van der Waals surface area contributed by atoms with Gasteiger partial charge in [-0.2, -0.15) is 13.2 Å². The van der Waals surface area contributed by atoms with Crippen molar-refractivity contribution in [3.05, 3.63) is 28.2 Å². The molecule has 1 aliphatic rings. The summed E-state index contributed by atoms with van der Waals surface area (Å²) in [6, 6.07) is 4.31. The lowest BCUT2D eigenvalue weighted by molar-refractivity contribution is -0.138. The van der Waals surface area contributed by atoms with Crippen LogP contribution in [-0.4, -0.2) is 6.54 Å². The molecule has 1 saturated carbocycles. The average molecular weight is 336 g/mol. The summed E-state index contributed by atoms with van der Waals surface area (Å²) < 4.78 is 38.4. The van der Waals surface area contributed by atoms with Crippen molar-refractivity contribution in [2.45, 2.75) is 38.3 Å². The third kappa shape index (κ3) is 4.13. The standard InChI is InChI=1S/C14H17BrF3N/c15-13-7-6-11(8-12(13)14(16,17)18)19-9-10-4-2-1-3-5-10/h6-8,10,19H,1-5,9H2. The van der Waals surface area contributed by atoms with Crippen LogP contribution in [0.5, 0.6) is 0 Å². The van der Waals surface area contributed by atoms with Crippen LogP contribution in [0.1, 0.15) is 37.7 Å². The number of rotatable bonds is 3. The van der Waals surface area contributed by atoms with Crippen molar-refractivity contribution in [1.82, 2.24) is 0 Å². The van der Waals surface area contributed by atoms with Crippen LogP contribution in [0.2, 0.25) is 0 Å². The monoisotopic (exact) mass is 335 g/mol. The molecule has 0 amide bonds. The predicted molar refractivity (Wildman–Crippen MR) is 74.2 cm³/mol. The third-order valence-electron chi connectivity index (χ3n) is 3.59. The summed E-state index contributed by atoms with van der Waals surface area (Å²) in [6.45, 7) is 0.763. The second-order valence-electron chi connectivity index (χ2n) is 5.08. The van der Waals surface area contributed by atoms with Crippen LogP contribution >= 0.6 is 15.9 Å². The molecule has 5 heteroatoms. The van der Waals surface area contributed by atoms with Crippen molar-refractivity contribution in [1.29, 1.82) is 0 Å². The topological polar surface area (TPSA) is 12.0 Å². The summed E-state index contributed by atoms with van der Waals surface area (Å²) in [5.74, 6) is 0.590. The molecule has 0 bridgehead atoms. The van der Waals surface area contributed by atoms with Crippen molar-refractivity contribution in [3.63, 3.8) is 0 Å². The van der Waals surface area contributed by atoms with Crippen molar-refractivity contribution in [3.8, 4) is 0 Å². The summed E-state index contributed by atoms with van der Waals surface area (Å²) in [6.07, 6.45) is 1.79. The summed E-state index contributed by atoms with van der Waals surface area (Å²) in [7, 11) is 0. The molecule has 1 N–H and O–H groups in total. The molecule has 106 valence electrons. The lowest BCUT2D eigenvalue weighted by atomic mass is 9.89. The van der Waals surface area contributed by atoms with Gasteiger partial charge >= 0.3 is 6.18 Å². The second kappa shape index (κ2) is 6.16. The molecule has 1 aromatic carbocycles. The average Bonchev–Trinajstić information content (AvgIpc) is 2.37. The van der Waals surface area contributed by atoms with Crippen molar-refractivity contribution >= 4 is 21.6 Å². The minimum Gasteiger partial charge on any atom is -0.385 e. The third-order valence-corrected chi connectivity index (χ3v) is 4.28. The quantitative estimate of drug-likeness (QED) is 0.773. The Hall–Kier alpha value is -0.710. The number of halogens is 4. The number of nitrogens with one attached hydrogen (secondary N) is 1. The first-order valence-corrected chi connectivity index (χ1v) is 7.37. The van der Waals surface area contributed by atoms with E-state index in [1.165, 1.54) is 44.2 Å². The van der Waals surface area contributed by atoms with Crippen LogP contribution < -0.4 is 5.32 Å². The van der Waals surface area contributed by atoms with Gasteiger partial charge in [-0.1, -0.05) is 35.2 Å². The Balaban J connectivity index is 2.00. The Labute approximate surface area is 119 Å². The lowest BCUT2D eigenvalue weighted by Crippen LogP contribution is -2.17. The fraction of sp³-hybridized carbons (Fsp3) is 0.571. The zero-order valence-corrected chi connectivity index (χ0v) is 12.1. The van der Waals surface area contributed by atoms with E-state index in [1.54, 1.807) is 6.07 Å². The Morgan fingerprint density at radius 2 is 1.84 bits per heavy atom. The van der Waals surface area contributed by atoms with Gasteiger partial charge in [-0.3, -0.25) is 0 Å². The van der Waals surface area contributed by atoms with E-state index in [-0.39, 0.29) is 4.47 Å². The van der Waals surface area contributed by atoms with Crippen LogP contribution in [0.15, 0.2) is 22.7 Å². The smallest absolute Gasteiger partial charge is 0.385 e. The van der Waals surface area contributed by atoms with Crippen LogP contribution in [0.25, 0.3) is 0 Å². The molecule has 19 heavy (non-hydrogen) atoms. The van der Waals surface area contributed by atoms with E-state index in [2.05, 4.69) is 21.2 Å². The Morgan fingerprint density at radius 3 is 2.47 bits per heavy atom. The maximum absolute atomic E-state index is 12.8. The van der Waals surface area contributed by atoms with Gasteiger partial charge in [-0.15, -0.1) is 0 Å². The largest absolute Gasteiger partial charge is 0.417 e. The van der Waals surface area contributed by atoms with Crippen molar-refractivity contribution in [2.75, 3.05) is 11.9 Å². The molecular weight excluding hydrogens is 319 g/mol. The second-order valence-corrected chi connectivity index (χ2v) is 5.93. The van der Waals surface area contributed by atoms with Gasteiger partial charge in [0.1, 0.15) is 0 Å². The molecule has 1 aliphatic carbocycles. The van der Waals surface area contributed by atoms with Gasteiger partial charge in [-0.05, 0) is 37.0 Å². The van der Waals surface area contributed by atoms with Gasteiger partial charge in [0, 0.05) is 16.7 Å². The predicted octanol–water partition coefficient (Wildman–Crippen LogP) is 5.46. The van der Waals surface area contributed by atoms with Crippen molar-refractivity contribution < 1.29 is 13.2 Å². The zero-order chi connectivity index (χ0) is 13.9. The van der Waals surface area contributed by atoms with Crippen LogP contribution in [0.3, 0.4) is 0 Å². The first-order chi connectivity index (χ1) is 8.97. The minimum atomic E-state index is -4.32. The molecule has 0 radical (unpaired) electrons. The molecular formula is C14H17BrF3N. The number of hydrogen-bond donors (Lipinski definition) is 1. The molecule has 1 nitrogen and oxygen atoms in total. The SMILES string of the molecule is FC(F)(F)c1cc(NCC2CCCCC2)ccc1Br. The van der Waals surface area contributed by atoms with Gasteiger partial charge < -0.3 is 5.32 Å². The number of anilines is 1. The van der Waals surface area contributed by atoms with Gasteiger partial charge in [0.25, 0.3) is 0 Å². The van der Waals surface area contributed by atoms with E-state index in [4.69, 9.17) is 0 Å².